The van der Waals surface area contributed by atoms with Crippen molar-refractivity contribution in [2.24, 2.45) is 0 Å². The van der Waals surface area contributed by atoms with E-state index in [-0.39, 0.29) is 12.2 Å². The van der Waals surface area contributed by atoms with Crippen molar-refractivity contribution < 1.29 is 19.0 Å². The first-order valence-electron chi connectivity index (χ1n) is 7.58. The topological polar surface area (TPSA) is 62.3 Å². The molecule has 124 valence electrons. The van der Waals surface area contributed by atoms with E-state index in [2.05, 4.69) is 4.98 Å². The summed E-state index contributed by atoms with van der Waals surface area (Å²) in [4.78, 5) is 14.6. The number of fused-ring (bicyclic) bond motifs is 1. The summed E-state index contributed by atoms with van der Waals surface area (Å²) in [6.45, 7) is 3.93. The van der Waals surface area contributed by atoms with Gasteiger partial charge in [-0.2, -0.15) is 0 Å². The number of benzene rings is 2. The number of carboxylic acids is 1. The monoisotopic (exact) mass is 327 g/mol. The second-order valence-corrected chi connectivity index (χ2v) is 5.90. The number of aryl methyl sites for hydroxylation is 2. The fourth-order valence-corrected chi connectivity index (χ4v) is 3.20. The van der Waals surface area contributed by atoms with E-state index in [9.17, 15) is 14.3 Å². The smallest absolute Gasteiger partial charge is 0.307 e. The van der Waals surface area contributed by atoms with Crippen LogP contribution >= 0.6 is 0 Å². The second kappa shape index (κ2) is 6.00. The molecule has 5 heteroatoms. The Bertz CT molecular complexity index is 943. The maximum atomic E-state index is 14.1. The first kappa shape index (κ1) is 16.1. The van der Waals surface area contributed by atoms with E-state index in [0.717, 1.165) is 22.0 Å². The SMILES string of the molecule is COc1ccc(-c2[nH]c3cc(C)cc(C)c3c2CC(=O)O)cc1F. The van der Waals surface area contributed by atoms with Crippen molar-refractivity contribution in [2.45, 2.75) is 20.3 Å². The first-order valence-corrected chi connectivity index (χ1v) is 7.58. The van der Waals surface area contributed by atoms with Crippen molar-refractivity contribution in [1.29, 1.82) is 0 Å². The van der Waals surface area contributed by atoms with Crippen molar-refractivity contribution in [3.63, 3.8) is 0 Å². The zero-order valence-corrected chi connectivity index (χ0v) is 13.7. The standard InChI is InChI=1S/C19H18FNO3/c1-10-6-11(2)18-13(9-17(22)23)19(21-15(18)7-10)12-4-5-16(24-3)14(20)8-12/h4-8,21H,9H2,1-3H3,(H,22,23). The van der Waals surface area contributed by atoms with Gasteiger partial charge in [0.1, 0.15) is 0 Å². The van der Waals surface area contributed by atoms with E-state index in [4.69, 9.17) is 4.74 Å². The number of H-pyrrole nitrogens is 1. The molecule has 0 spiro atoms. The Morgan fingerprint density at radius 2 is 2.00 bits per heavy atom. The molecular weight excluding hydrogens is 309 g/mol. The van der Waals surface area contributed by atoms with Crippen LogP contribution in [0, 0.1) is 19.7 Å². The van der Waals surface area contributed by atoms with Crippen molar-refractivity contribution in [3.05, 3.63) is 52.8 Å². The van der Waals surface area contributed by atoms with Crippen LogP contribution < -0.4 is 4.74 Å². The Balaban J connectivity index is 2.28. The number of aromatic nitrogens is 1. The molecule has 4 nitrogen and oxygen atoms in total. The molecule has 3 rings (SSSR count). The van der Waals surface area contributed by atoms with Crippen molar-refractivity contribution in [3.8, 4) is 17.0 Å². The van der Waals surface area contributed by atoms with Crippen LogP contribution in [-0.2, 0) is 11.2 Å². The predicted molar refractivity (Wildman–Crippen MR) is 91.1 cm³/mol. The Hall–Kier alpha value is -2.82. The third kappa shape index (κ3) is 2.73. The fourth-order valence-electron chi connectivity index (χ4n) is 3.20. The molecule has 0 unspecified atom stereocenters. The molecule has 0 bridgehead atoms. The fraction of sp³-hybridized carbons (Fsp3) is 0.211. The Kier molecular flexibility index (Phi) is 4.01. The third-order valence-electron chi connectivity index (χ3n) is 4.11. The molecular formula is C19H18FNO3. The van der Waals surface area contributed by atoms with Gasteiger partial charge >= 0.3 is 5.97 Å². The van der Waals surface area contributed by atoms with Gasteiger partial charge < -0.3 is 14.8 Å². The van der Waals surface area contributed by atoms with Crippen molar-refractivity contribution in [1.82, 2.24) is 4.98 Å². The van der Waals surface area contributed by atoms with Gasteiger partial charge in [-0.15, -0.1) is 0 Å². The Morgan fingerprint density at radius 1 is 1.25 bits per heavy atom. The average Bonchev–Trinajstić information content (AvgIpc) is 2.85. The molecule has 2 N–H and O–H groups in total. The zero-order chi connectivity index (χ0) is 17.4. The van der Waals surface area contributed by atoms with Gasteiger partial charge in [0.2, 0.25) is 0 Å². The normalized spacial score (nSPS) is 11.0. The molecule has 0 radical (unpaired) electrons. The van der Waals surface area contributed by atoms with Gasteiger partial charge in [0.15, 0.2) is 11.6 Å². The Morgan fingerprint density at radius 3 is 2.62 bits per heavy atom. The Labute approximate surface area is 138 Å². The van der Waals surface area contributed by atoms with E-state index in [1.165, 1.54) is 13.2 Å². The summed E-state index contributed by atoms with van der Waals surface area (Å²) < 4.78 is 19.0. The molecule has 24 heavy (non-hydrogen) atoms. The van der Waals surface area contributed by atoms with Crippen LogP contribution in [0.4, 0.5) is 4.39 Å². The van der Waals surface area contributed by atoms with Crippen LogP contribution in [0.3, 0.4) is 0 Å². The highest BCUT2D eigenvalue weighted by Gasteiger charge is 2.18. The first-order chi connectivity index (χ1) is 11.4. The van der Waals surface area contributed by atoms with Gasteiger partial charge in [-0.05, 0) is 54.8 Å². The van der Waals surface area contributed by atoms with E-state index in [1.54, 1.807) is 12.1 Å². The lowest BCUT2D eigenvalue weighted by Crippen LogP contribution is -2.01. The van der Waals surface area contributed by atoms with Gasteiger partial charge in [0.05, 0.1) is 19.2 Å². The molecule has 0 aliphatic rings. The number of halogens is 1. The van der Waals surface area contributed by atoms with Gasteiger partial charge in [-0.1, -0.05) is 6.07 Å². The van der Waals surface area contributed by atoms with Crippen LogP contribution in [0.1, 0.15) is 16.7 Å². The third-order valence-corrected chi connectivity index (χ3v) is 4.11. The van der Waals surface area contributed by atoms with E-state index >= 15 is 0 Å². The molecule has 2 aromatic carbocycles. The highest BCUT2D eigenvalue weighted by atomic mass is 19.1. The van der Waals surface area contributed by atoms with Crippen LogP contribution in [0.5, 0.6) is 5.75 Å². The number of methoxy groups -OCH3 is 1. The zero-order valence-electron chi connectivity index (χ0n) is 13.7. The minimum atomic E-state index is -0.925. The lowest BCUT2D eigenvalue weighted by atomic mass is 9.98. The number of nitrogens with one attached hydrogen (secondary N) is 1. The lowest BCUT2D eigenvalue weighted by Gasteiger charge is -2.07. The molecule has 0 fully saturated rings. The van der Waals surface area contributed by atoms with Gasteiger partial charge in [-0.3, -0.25) is 4.79 Å². The lowest BCUT2D eigenvalue weighted by molar-refractivity contribution is -0.136. The number of aliphatic carboxylic acids is 1. The van der Waals surface area contributed by atoms with Gasteiger partial charge in [-0.25, -0.2) is 4.39 Å². The minimum Gasteiger partial charge on any atom is -0.494 e. The molecule has 0 amide bonds. The number of hydrogen-bond acceptors (Lipinski definition) is 2. The number of aromatic amines is 1. The van der Waals surface area contributed by atoms with E-state index in [1.807, 2.05) is 26.0 Å². The van der Waals surface area contributed by atoms with Crippen molar-refractivity contribution in [2.75, 3.05) is 7.11 Å². The minimum absolute atomic E-state index is 0.132. The molecule has 1 heterocycles. The van der Waals surface area contributed by atoms with Crippen molar-refractivity contribution >= 4 is 16.9 Å². The number of hydrogen-bond donors (Lipinski definition) is 2. The number of carboxylic acid groups (broad SMARTS) is 1. The highest BCUT2D eigenvalue weighted by molar-refractivity contribution is 5.96. The number of carbonyl (C=O) groups is 1. The summed E-state index contributed by atoms with van der Waals surface area (Å²) in [6, 6.07) is 8.60. The van der Waals surface area contributed by atoms with Gasteiger partial charge in [0, 0.05) is 16.5 Å². The number of ether oxygens (including phenoxy) is 1. The van der Waals surface area contributed by atoms with E-state index < -0.39 is 11.8 Å². The van der Waals surface area contributed by atoms with Crippen LogP contribution in [0.25, 0.3) is 22.2 Å². The van der Waals surface area contributed by atoms with Crippen LogP contribution in [-0.4, -0.2) is 23.2 Å². The van der Waals surface area contributed by atoms with Crippen LogP contribution in [0.2, 0.25) is 0 Å². The van der Waals surface area contributed by atoms with Crippen LogP contribution in [0.15, 0.2) is 30.3 Å². The molecule has 0 saturated heterocycles. The molecule has 0 atom stereocenters. The highest BCUT2D eigenvalue weighted by Crippen LogP contribution is 2.35. The molecule has 0 aliphatic carbocycles. The average molecular weight is 327 g/mol. The molecule has 0 aliphatic heterocycles. The summed E-state index contributed by atoms with van der Waals surface area (Å²) >= 11 is 0. The quantitative estimate of drug-likeness (QED) is 0.754. The maximum Gasteiger partial charge on any atom is 0.307 e. The summed E-state index contributed by atoms with van der Waals surface area (Å²) in [5.74, 6) is -1.25. The summed E-state index contributed by atoms with van der Waals surface area (Å²) in [7, 11) is 1.41. The maximum absolute atomic E-state index is 14.1. The van der Waals surface area contributed by atoms with E-state index in [0.29, 0.717) is 16.8 Å². The molecule has 0 saturated carbocycles. The molecule has 1 aromatic heterocycles. The number of rotatable bonds is 4. The largest absolute Gasteiger partial charge is 0.494 e. The second-order valence-electron chi connectivity index (χ2n) is 5.90. The predicted octanol–water partition coefficient (Wildman–Crippen LogP) is 4.23. The summed E-state index contributed by atoms with van der Waals surface area (Å²) in [5.41, 5.74) is 4.82. The summed E-state index contributed by atoms with van der Waals surface area (Å²) in [5, 5.41) is 10.2. The molecule has 3 aromatic rings. The summed E-state index contributed by atoms with van der Waals surface area (Å²) in [6.07, 6.45) is -0.132. The van der Waals surface area contributed by atoms with Gasteiger partial charge in [0.25, 0.3) is 0 Å².